The summed E-state index contributed by atoms with van der Waals surface area (Å²) < 4.78 is 28.3. The number of methoxy groups -OCH3 is 1. The molecule has 0 unspecified atom stereocenters. The van der Waals surface area contributed by atoms with Crippen LogP contribution in [0.1, 0.15) is 0 Å². The van der Waals surface area contributed by atoms with Crippen LogP contribution >= 0.6 is 11.6 Å². The number of halogens is 1. The summed E-state index contributed by atoms with van der Waals surface area (Å²) in [5.41, 5.74) is -0.555. The first kappa shape index (κ1) is 13.7. The van der Waals surface area contributed by atoms with E-state index in [1.807, 2.05) is 0 Å². The summed E-state index contributed by atoms with van der Waals surface area (Å²) in [6, 6.07) is 3.88. The molecule has 0 aromatic heterocycles. The third kappa shape index (κ3) is 2.86. The molecule has 0 fully saturated rings. The van der Waals surface area contributed by atoms with Crippen LogP contribution in [0.25, 0.3) is 0 Å². The second-order valence-corrected chi connectivity index (χ2v) is 5.53. The molecule has 0 amide bonds. The molecule has 17 heavy (non-hydrogen) atoms. The molecule has 0 bridgehead atoms. The van der Waals surface area contributed by atoms with Crippen molar-refractivity contribution >= 4 is 27.1 Å². The number of alkyl halides is 1. The number of rotatable bonds is 5. The van der Waals surface area contributed by atoms with Gasteiger partial charge in [-0.3, -0.25) is 10.1 Å². The van der Waals surface area contributed by atoms with Crippen molar-refractivity contribution in [3.63, 3.8) is 0 Å². The highest BCUT2D eigenvalue weighted by Gasteiger charge is 2.29. The summed E-state index contributed by atoms with van der Waals surface area (Å²) in [5, 5.41) is 10.9. The predicted molar refractivity (Wildman–Crippen MR) is 62.4 cm³/mol. The first-order chi connectivity index (χ1) is 7.94. The Kier molecular flexibility index (Phi) is 4.30. The number of nitro benzene ring substituents is 1. The second-order valence-electron chi connectivity index (χ2n) is 3.07. The number of nitrogens with zero attached hydrogens (tertiary/aromatic N) is 1. The van der Waals surface area contributed by atoms with Crippen molar-refractivity contribution in [3.8, 4) is 5.75 Å². The van der Waals surface area contributed by atoms with Crippen molar-refractivity contribution < 1.29 is 18.1 Å². The summed E-state index contributed by atoms with van der Waals surface area (Å²) in [6.45, 7) is 0. The molecule has 1 aromatic carbocycles. The van der Waals surface area contributed by atoms with Crippen LogP contribution in [-0.4, -0.2) is 32.1 Å². The summed E-state index contributed by atoms with van der Waals surface area (Å²) in [7, 11) is -2.54. The zero-order chi connectivity index (χ0) is 13.1. The number of benzene rings is 1. The molecule has 94 valence electrons. The Balaban J connectivity index is 3.49. The molecule has 0 aliphatic carbocycles. The third-order valence-corrected chi connectivity index (χ3v) is 4.20. The van der Waals surface area contributed by atoms with Gasteiger partial charge in [-0.05, 0) is 12.1 Å². The highest BCUT2D eigenvalue weighted by Crippen LogP contribution is 2.34. The van der Waals surface area contributed by atoms with Crippen LogP contribution in [0, 0.1) is 10.1 Å². The molecular weight excluding hydrogens is 270 g/mol. The van der Waals surface area contributed by atoms with Gasteiger partial charge in [0.15, 0.2) is 15.6 Å². The van der Waals surface area contributed by atoms with Crippen LogP contribution in [0.2, 0.25) is 0 Å². The molecule has 0 atom stereocenters. The summed E-state index contributed by atoms with van der Waals surface area (Å²) in [5.74, 6) is -0.579. The van der Waals surface area contributed by atoms with E-state index in [1.165, 1.54) is 25.3 Å². The van der Waals surface area contributed by atoms with Crippen molar-refractivity contribution in [2.75, 3.05) is 18.7 Å². The van der Waals surface area contributed by atoms with Crippen molar-refractivity contribution in [2.45, 2.75) is 4.90 Å². The predicted octanol–water partition coefficient (Wildman–Crippen LogP) is 1.62. The Hall–Kier alpha value is -1.34. The lowest BCUT2D eigenvalue weighted by atomic mass is 10.3. The first-order valence-electron chi connectivity index (χ1n) is 4.54. The molecule has 6 nitrogen and oxygen atoms in total. The lowest BCUT2D eigenvalue weighted by Crippen LogP contribution is -2.11. The number of nitro groups is 1. The van der Waals surface area contributed by atoms with Gasteiger partial charge in [0.25, 0.3) is 0 Å². The van der Waals surface area contributed by atoms with E-state index in [0.29, 0.717) is 0 Å². The minimum absolute atomic E-state index is 0.0920. The minimum atomic E-state index is -3.77. The standard InChI is InChI=1S/C9H10ClNO5S/c1-16-7-3-2-4-8(9(7)11(12)13)17(14,15)6-5-10/h2-4H,5-6H2,1H3. The zero-order valence-corrected chi connectivity index (χ0v) is 10.5. The van der Waals surface area contributed by atoms with E-state index in [1.54, 1.807) is 0 Å². The fraction of sp³-hybridized carbons (Fsp3) is 0.333. The number of sulfone groups is 1. The molecule has 0 heterocycles. The van der Waals surface area contributed by atoms with Crippen LogP contribution in [0.3, 0.4) is 0 Å². The molecule has 1 rings (SSSR count). The smallest absolute Gasteiger partial charge is 0.329 e. The van der Waals surface area contributed by atoms with Crippen molar-refractivity contribution in [1.29, 1.82) is 0 Å². The third-order valence-electron chi connectivity index (χ3n) is 2.05. The molecular formula is C9H10ClNO5S. The Bertz CT molecular complexity index is 528. The average Bonchev–Trinajstić information content (AvgIpc) is 2.27. The lowest BCUT2D eigenvalue weighted by molar-refractivity contribution is -0.388. The maximum absolute atomic E-state index is 11.8. The molecule has 0 N–H and O–H groups in total. The summed E-state index contributed by atoms with van der Waals surface area (Å²) in [6.07, 6.45) is 0. The first-order valence-corrected chi connectivity index (χ1v) is 6.73. The van der Waals surface area contributed by atoms with Crippen LogP contribution < -0.4 is 4.74 Å². The Morgan fingerprint density at radius 1 is 1.47 bits per heavy atom. The van der Waals surface area contributed by atoms with Crippen LogP contribution in [0.5, 0.6) is 5.75 Å². The van der Waals surface area contributed by atoms with E-state index in [9.17, 15) is 18.5 Å². The van der Waals surface area contributed by atoms with Crippen molar-refractivity contribution in [1.82, 2.24) is 0 Å². The van der Waals surface area contributed by atoms with Crippen molar-refractivity contribution in [2.24, 2.45) is 0 Å². The maximum atomic E-state index is 11.8. The van der Waals surface area contributed by atoms with Gasteiger partial charge in [0.05, 0.1) is 17.8 Å². The fourth-order valence-electron chi connectivity index (χ4n) is 1.31. The van der Waals surface area contributed by atoms with Gasteiger partial charge in [-0.15, -0.1) is 11.6 Å². The Labute approximate surface area is 103 Å². The van der Waals surface area contributed by atoms with Gasteiger partial charge in [0.2, 0.25) is 0 Å². The molecule has 0 spiro atoms. The number of para-hydroxylation sites is 1. The number of ether oxygens (including phenoxy) is 1. The largest absolute Gasteiger partial charge is 0.490 e. The highest BCUT2D eigenvalue weighted by atomic mass is 35.5. The summed E-state index contributed by atoms with van der Waals surface area (Å²) in [4.78, 5) is 9.73. The molecule has 0 saturated heterocycles. The van der Waals surface area contributed by atoms with Gasteiger partial charge >= 0.3 is 5.69 Å². The van der Waals surface area contributed by atoms with Crippen molar-refractivity contribution in [3.05, 3.63) is 28.3 Å². The van der Waals surface area contributed by atoms with E-state index in [-0.39, 0.29) is 22.3 Å². The molecule has 0 aliphatic rings. The van der Waals surface area contributed by atoms with E-state index in [4.69, 9.17) is 16.3 Å². The molecule has 8 heteroatoms. The second kappa shape index (κ2) is 5.33. The molecule has 0 saturated carbocycles. The fourth-order valence-corrected chi connectivity index (χ4v) is 3.10. The van der Waals surface area contributed by atoms with Gasteiger partial charge in [-0.25, -0.2) is 8.42 Å². The Morgan fingerprint density at radius 2 is 2.12 bits per heavy atom. The Morgan fingerprint density at radius 3 is 2.59 bits per heavy atom. The molecule has 0 aliphatic heterocycles. The normalized spacial score (nSPS) is 11.2. The van der Waals surface area contributed by atoms with E-state index < -0.39 is 20.4 Å². The van der Waals surface area contributed by atoms with Gasteiger partial charge in [-0.2, -0.15) is 0 Å². The number of hydrogen-bond donors (Lipinski definition) is 0. The average molecular weight is 280 g/mol. The zero-order valence-electron chi connectivity index (χ0n) is 8.92. The van der Waals surface area contributed by atoms with Crippen LogP contribution in [-0.2, 0) is 9.84 Å². The van der Waals surface area contributed by atoms with Gasteiger partial charge in [0, 0.05) is 5.88 Å². The minimum Gasteiger partial charge on any atom is -0.490 e. The maximum Gasteiger partial charge on any atom is 0.329 e. The van der Waals surface area contributed by atoms with Gasteiger partial charge < -0.3 is 4.74 Å². The molecule has 0 radical (unpaired) electrons. The van der Waals surface area contributed by atoms with E-state index >= 15 is 0 Å². The summed E-state index contributed by atoms with van der Waals surface area (Å²) >= 11 is 5.36. The lowest BCUT2D eigenvalue weighted by Gasteiger charge is -2.06. The number of hydrogen-bond acceptors (Lipinski definition) is 5. The quantitative estimate of drug-likeness (QED) is 0.464. The molecule has 1 aromatic rings. The van der Waals surface area contributed by atoms with Gasteiger partial charge in [0.1, 0.15) is 4.90 Å². The van der Waals surface area contributed by atoms with E-state index in [2.05, 4.69) is 0 Å². The van der Waals surface area contributed by atoms with E-state index in [0.717, 1.165) is 0 Å². The monoisotopic (exact) mass is 279 g/mol. The topological polar surface area (TPSA) is 86.5 Å². The van der Waals surface area contributed by atoms with Gasteiger partial charge in [-0.1, -0.05) is 6.07 Å². The highest BCUT2D eigenvalue weighted by molar-refractivity contribution is 7.91. The van der Waals surface area contributed by atoms with Crippen LogP contribution in [0.15, 0.2) is 23.1 Å². The SMILES string of the molecule is COc1cccc(S(=O)(=O)CCCl)c1[N+](=O)[O-]. The van der Waals surface area contributed by atoms with Crippen LogP contribution in [0.4, 0.5) is 5.69 Å².